The van der Waals surface area contributed by atoms with Crippen molar-refractivity contribution in [2.75, 3.05) is 31.1 Å². The molecule has 4 heterocycles. The zero-order chi connectivity index (χ0) is 27.1. The first-order valence-corrected chi connectivity index (χ1v) is 13.4. The van der Waals surface area contributed by atoms with E-state index in [0.717, 1.165) is 35.0 Å². The summed E-state index contributed by atoms with van der Waals surface area (Å²) in [5, 5.41) is 19.5. The fraction of sp³-hybridized carbons (Fsp3) is 0.414. The van der Waals surface area contributed by atoms with Gasteiger partial charge >= 0.3 is 0 Å². The monoisotopic (exact) mass is 528 g/mol. The molecule has 2 amide bonds. The molecule has 202 valence electrons. The van der Waals surface area contributed by atoms with Gasteiger partial charge < -0.3 is 19.4 Å². The lowest BCUT2D eigenvalue weighted by molar-refractivity contribution is -0.136. The minimum Gasteiger partial charge on any atom is -0.394 e. The highest BCUT2D eigenvalue weighted by molar-refractivity contribution is 6.00. The maximum absolute atomic E-state index is 13.2. The number of aromatic nitrogens is 4. The Labute approximate surface area is 226 Å². The molecule has 0 aliphatic carbocycles. The molecule has 1 atom stereocenters. The van der Waals surface area contributed by atoms with Crippen LogP contribution in [0.3, 0.4) is 0 Å². The molecule has 1 N–H and O–H groups in total. The molecule has 0 bridgehead atoms. The molecule has 0 spiro atoms. The summed E-state index contributed by atoms with van der Waals surface area (Å²) in [6, 6.07) is 15.4. The number of aliphatic hydroxyl groups is 1. The maximum atomic E-state index is 13.2. The summed E-state index contributed by atoms with van der Waals surface area (Å²) in [4.78, 5) is 34.1. The Morgan fingerprint density at radius 3 is 2.64 bits per heavy atom. The Morgan fingerprint density at radius 2 is 1.90 bits per heavy atom. The Hall–Kier alpha value is -4.05. The van der Waals surface area contributed by atoms with Gasteiger partial charge in [-0.15, -0.1) is 0 Å². The fourth-order valence-electron chi connectivity index (χ4n) is 5.56. The quantitative estimate of drug-likeness (QED) is 0.407. The lowest BCUT2D eigenvalue weighted by Gasteiger charge is -2.32. The second-order valence-corrected chi connectivity index (χ2v) is 11.1. The van der Waals surface area contributed by atoms with Gasteiger partial charge in [0.2, 0.25) is 23.5 Å². The normalized spacial score (nSPS) is 18.8. The van der Waals surface area contributed by atoms with E-state index < -0.39 is 5.54 Å². The third-order valence-electron chi connectivity index (χ3n) is 7.93. The molecule has 2 aliphatic heterocycles. The van der Waals surface area contributed by atoms with Gasteiger partial charge in [0.05, 0.1) is 29.8 Å². The lowest BCUT2D eigenvalue weighted by Crippen LogP contribution is -2.42. The number of carbonyl (C=O) groups is 2. The number of carbonyl (C=O) groups excluding carboxylic acids is 2. The molecular weight excluding hydrogens is 496 g/mol. The molecule has 2 aromatic carbocycles. The van der Waals surface area contributed by atoms with Crippen molar-refractivity contribution in [3.63, 3.8) is 0 Å². The van der Waals surface area contributed by atoms with Crippen molar-refractivity contribution in [2.24, 2.45) is 5.92 Å². The van der Waals surface area contributed by atoms with Gasteiger partial charge in [-0.1, -0.05) is 35.5 Å². The van der Waals surface area contributed by atoms with Crippen LogP contribution in [0.5, 0.6) is 0 Å². The van der Waals surface area contributed by atoms with Crippen molar-refractivity contribution in [2.45, 2.75) is 44.6 Å². The van der Waals surface area contributed by atoms with Gasteiger partial charge in [-0.25, -0.2) is 0 Å². The van der Waals surface area contributed by atoms with Crippen molar-refractivity contribution >= 4 is 28.4 Å². The number of aliphatic hydroxyl groups excluding tert-OH is 1. The second-order valence-electron chi connectivity index (χ2n) is 11.1. The summed E-state index contributed by atoms with van der Waals surface area (Å²) < 4.78 is 7.48. The van der Waals surface area contributed by atoms with Crippen LogP contribution in [0.15, 0.2) is 59.3 Å². The van der Waals surface area contributed by atoms with Crippen LogP contribution in [-0.4, -0.2) is 68.0 Å². The molecule has 2 saturated heterocycles. The van der Waals surface area contributed by atoms with Gasteiger partial charge in [0.15, 0.2) is 0 Å². The van der Waals surface area contributed by atoms with Gasteiger partial charge in [-0.05, 0) is 44.9 Å². The Morgan fingerprint density at radius 1 is 1.13 bits per heavy atom. The van der Waals surface area contributed by atoms with Crippen LogP contribution in [0, 0.1) is 5.92 Å². The van der Waals surface area contributed by atoms with E-state index in [1.807, 2.05) is 72.0 Å². The number of hydrogen-bond acceptors (Lipinski definition) is 7. The van der Waals surface area contributed by atoms with E-state index in [2.05, 4.69) is 10.3 Å². The molecule has 4 aromatic rings. The molecule has 10 heteroatoms. The number of hydrogen-bond donors (Lipinski definition) is 1. The first kappa shape index (κ1) is 25.2. The number of para-hydroxylation sites is 1. The summed E-state index contributed by atoms with van der Waals surface area (Å²) in [7, 11) is 0. The topological polar surface area (TPSA) is 118 Å². The van der Waals surface area contributed by atoms with Gasteiger partial charge in [0.1, 0.15) is 0 Å². The largest absolute Gasteiger partial charge is 0.394 e. The van der Waals surface area contributed by atoms with E-state index in [1.165, 1.54) is 0 Å². The van der Waals surface area contributed by atoms with Gasteiger partial charge in [0.25, 0.3) is 0 Å². The summed E-state index contributed by atoms with van der Waals surface area (Å²) in [6.45, 7) is 5.44. The van der Waals surface area contributed by atoms with Crippen molar-refractivity contribution < 1.29 is 19.2 Å². The summed E-state index contributed by atoms with van der Waals surface area (Å²) in [5.41, 5.74) is 2.00. The fourth-order valence-corrected chi connectivity index (χ4v) is 5.56. The molecular formula is C29H32N6O4. The number of likely N-dealkylation sites (tertiary alicyclic amines) is 1. The minimum absolute atomic E-state index is 0.00557. The van der Waals surface area contributed by atoms with Crippen LogP contribution < -0.4 is 4.90 Å². The van der Waals surface area contributed by atoms with E-state index in [1.54, 1.807) is 11.1 Å². The molecule has 6 rings (SSSR count). The highest BCUT2D eigenvalue weighted by atomic mass is 16.5. The Bertz CT molecular complexity index is 1500. The van der Waals surface area contributed by atoms with Crippen molar-refractivity contribution in [3.05, 3.63) is 60.6 Å². The zero-order valence-electron chi connectivity index (χ0n) is 22.2. The minimum atomic E-state index is -0.542. The van der Waals surface area contributed by atoms with Crippen LogP contribution in [0.1, 0.15) is 44.9 Å². The van der Waals surface area contributed by atoms with Crippen LogP contribution in [0.4, 0.5) is 5.69 Å². The predicted molar refractivity (Wildman–Crippen MR) is 145 cm³/mol. The van der Waals surface area contributed by atoms with Crippen molar-refractivity contribution in [1.82, 2.24) is 24.8 Å². The van der Waals surface area contributed by atoms with Crippen LogP contribution in [0.25, 0.3) is 22.3 Å². The van der Waals surface area contributed by atoms with E-state index >= 15 is 0 Å². The molecule has 0 radical (unpaired) electrons. The predicted octanol–water partition coefficient (Wildman–Crippen LogP) is 3.57. The highest BCUT2D eigenvalue weighted by Gasteiger charge is 2.38. The first-order valence-electron chi connectivity index (χ1n) is 13.4. The van der Waals surface area contributed by atoms with Crippen molar-refractivity contribution in [1.29, 1.82) is 0 Å². The van der Waals surface area contributed by atoms with Gasteiger partial charge in [-0.2, -0.15) is 10.1 Å². The van der Waals surface area contributed by atoms with E-state index in [0.29, 0.717) is 31.3 Å². The number of fused-ring (bicyclic) bond motifs is 1. The Kier molecular flexibility index (Phi) is 6.42. The summed E-state index contributed by atoms with van der Waals surface area (Å²) in [5.74, 6) is 0.876. The molecule has 10 nitrogen and oxygen atoms in total. The number of amides is 2. The number of benzene rings is 2. The average Bonchev–Trinajstić information content (AvgIpc) is 3.71. The molecule has 2 fully saturated rings. The van der Waals surface area contributed by atoms with E-state index in [-0.39, 0.29) is 36.7 Å². The van der Waals surface area contributed by atoms with Gasteiger partial charge in [0, 0.05) is 48.6 Å². The summed E-state index contributed by atoms with van der Waals surface area (Å²) in [6.07, 6.45) is 3.49. The van der Waals surface area contributed by atoms with Crippen LogP contribution >= 0.6 is 0 Å². The molecule has 2 aliphatic rings. The number of nitrogens with zero attached hydrogens (tertiary/aromatic N) is 6. The third kappa shape index (κ3) is 4.69. The number of piperidine rings is 1. The number of anilines is 1. The van der Waals surface area contributed by atoms with Crippen LogP contribution in [0.2, 0.25) is 0 Å². The van der Waals surface area contributed by atoms with Crippen molar-refractivity contribution in [3.8, 4) is 11.4 Å². The maximum Gasteiger partial charge on any atom is 0.230 e. The van der Waals surface area contributed by atoms with E-state index in [9.17, 15) is 14.7 Å². The molecule has 1 unspecified atom stereocenters. The standard InChI is InChI=1S/C29H32N6O4/c1-29(2,18-36)35-24-14-20(8-9-21(24)16-30-35)26-31-27(39-32-26)19-10-12-33(13-11-19)28(38)22-15-25(37)34(17-22)23-6-4-3-5-7-23/h3-9,14,16,19,22,36H,10-13,15,17-18H2,1-2H3. The SMILES string of the molecule is CC(C)(CO)n1ncc2ccc(-c3noc(C4CCN(C(=O)C5CC(=O)N(c6ccccc6)C5)CC4)n3)cc21. The first-order chi connectivity index (χ1) is 18.8. The van der Waals surface area contributed by atoms with E-state index in [4.69, 9.17) is 9.51 Å². The molecule has 0 saturated carbocycles. The summed E-state index contributed by atoms with van der Waals surface area (Å²) >= 11 is 0. The lowest BCUT2D eigenvalue weighted by atomic mass is 9.95. The average molecular weight is 529 g/mol. The van der Waals surface area contributed by atoms with Crippen LogP contribution in [-0.2, 0) is 15.1 Å². The highest BCUT2D eigenvalue weighted by Crippen LogP contribution is 2.32. The zero-order valence-corrected chi connectivity index (χ0v) is 22.2. The molecule has 2 aromatic heterocycles. The smallest absolute Gasteiger partial charge is 0.230 e. The molecule has 39 heavy (non-hydrogen) atoms. The number of rotatable bonds is 6. The van der Waals surface area contributed by atoms with Gasteiger partial charge in [-0.3, -0.25) is 14.3 Å². The Balaban J connectivity index is 1.10. The second kappa shape index (κ2) is 9.92. The third-order valence-corrected chi connectivity index (χ3v) is 7.93.